The number of pyridine rings is 1. The Labute approximate surface area is 93.3 Å². The number of carboxylic acids is 1. The quantitative estimate of drug-likeness (QED) is 0.837. The topological polar surface area (TPSA) is 54.6 Å². The van der Waals surface area contributed by atoms with Crippen LogP contribution in [0.1, 0.15) is 21.7 Å². The number of aromatic carboxylic acids is 1. The van der Waals surface area contributed by atoms with Crippen LogP contribution in [-0.4, -0.2) is 20.5 Å². The van der Waals surface area contributed by atoms with Crippen molar-refractivity contribution in [3.8, 4) is 0 Å². The van der Waals surface area contributed by atoms with Gasteiger partial charge in [0, 0.05) is 6.20 Å². The lowest BCUT2D eigenvalue weighted by Gasteiger charge is -2.02. The van der Waals surface area contributed by atoms with Gasteiger partial charge in [-0.05, 0) is 19.1 Å². The first-order valence-corrected chi connectivity index (χ1v) is 4.60. The lowest BCUT2D eigenvalue weighted by molar-refractivity contribution is -0.141. The number of imidazole rings is 1. The fraction of sp³-hybridized carbons (Fsp3) is 0.200. The molecule has 0 radical (unpaired) electrons. The first-order chi connectivity index (χ1) is 7.80. The molecule has 0 aliphatic rings. The van der Waals surface area contributed by atoms with Crippen molar-refractivity contribution >= 4 is 11.6 Å². The number of hydrogen-bond acceptors (Lipinski definition) is 2. The van der Waals surface area contributed by atoms with E-state index < -0.39 is 17.8 Å². The molecule has 2 heterocycles. The standard InChI is InChI=1S/C10H7F3N2O2/c1-5-8(10(11,12)13)14-7-4-6(9(16)17)2-3-15(5)7/h2-4H,1H3,(H,16,17). The predicted molar refractivity (Wildman–Crippen MR) is 51.9 cm³/mol. The zero-order valence-corrected chi connectivity index (χ0v) is 8.62. The van der Waals surface area contributed by atoms with Crippen LogP contribution in [0.5, 0.6) is 0 Å². The largest absolute Gasteiger partial charge is 0.478 e. The number of carbonyl (C=O) groups is 1. The SMILES string of the molecule is Cc1c(C(F)(F)F)nc2cc(C(=O)O)ccn12. The van der Waals surface area contributed by atoms with Gasteiger partial charge in [-0.25, -0.2) is 9.78 Å². The van der Waals surface area contributed by atoms with Crippen LogP contribution in [0.15, 0.2) is 18.3 Å². The summed E-state index contributed by atoms with van der Waals surface area (Å²) in [4.78, 5) is 14.1. The second-order valence-corrected chi connectivity index (χ2v) is 3.49. The van der Waals surface area contributed by atoms with Gasteiger partial charge in [0.25, 0.3) is 0 Å². The molecule has 0 fully saturated rings. The van der Waals surface area contributed by atoms with E-state index in [0.29, 0.717) is 0 Å². The van der Waals surface area contributed by atoms with Crippen LogP contribution >= 0.6 is 0 Å². The fourth-order valence-electron chi connectivity index (χ4n) is 1.57. The van der Waals surface area contributed by atoms with E-state index in [-0.39, 0.29) is 16.9 Å². The van der Waals surface area contributed by atoms with Crippen LogP contribution in [0.25, 0.3) is 5.65 Å². The molecule has 0 aliphatic carbocycles. The highest BCUT2D eigenvalue weighted by molar-refractivity contribution is 5.88. The molecule has 2 aromatic heterocycles. The van der Waals surface area contributed by atoms with E-state index in [1.807, 2.05) is 0 Å². The molecule has 1 N–H and O–H groups in total. The molecular weight excluding hydrogens is 237 g/mol. The highest BCUT2D eigenvalue weighted by Gasteiger charge is 2.36. The number of hydrogen-bond donors (Lipinski definition) is 1. The molecule has 0 aromatic carbocycles. The first kappa shape index (κ1) is 11.4. The highest BCUT2D eigenvalue weighted by atomic mass is 19.4. The lowest BCUT2D eigenvalue weighted by Crippen LogP contribution is -2.07. The van der Waals surface area contributed by atoms with E-state index in [1.54, 1.807) is 0 Å². The number of nitrogens with zero attached hydrogens (tertiary/aromatic N) is 2. The van der Waals surface area contributed by atoms with E-state index in [1.165, 1.54) is 23.6 Å². The average molecular weight is 244 g/mol. The van der Waals surface area contributed by atoms with Gasteiger partial charge in [-0.2, -0.15) is 13.2 Å². The van der Waals surface area contributed by atoms with Crippen molar-refractivity contribution < 1.29 is 23.1 Å². The lowest BCUT2D eigenvalue weighted by atomic mass is 10.3. The molecule has 2 aromatic rings. The minimum absolute atomic E-state index is 0.0327. The van der Waals surface area contributed by atoms with Crippen LogP contribution in [-0.2, 0) is 6.18 Å². The minimum atomic E-state index is -4.54. The Morgan fingerprint density at radius 1 is 1.47 bits per heavy atom. The molecule has 0 bridgehead atoms. The Kier molecular flexibility index (Phi) is 2.34. The van der Waals surface area contributed by atoms with Crippen molar-refractivity contribution in [2.24, 2.45) is 0 Å². The van der Waals surface area contributed by atoms with Crippen molar-refractivity contribution in [2.45, 2.75) is 13.1 Å². The maximum Gasteiger partial charge on any atom is 0.435 e. The summed E-state index contributed by atoms with van der Waals surface area (Å²) in [5.74, 6) is -1.21. The van der Waals surface area contributed by atoms with E-state index in [0.717, 1.165) is 6.07 Å². The van der Waals surface area contributed by atoms with Crippen molar-refractivity contribution in [3.63, 3.8) is 0 Å². The maximum absolute atomic E-state index is 12.6. The van der Waals surface area contributed by atoms with Gasteiger partial charge < -0.3 is 9.51 Å². The second-order valence-electron chi connectivity index (χ2n) is 3.49. The van der Waals surface area contributed by atoms with Crippen LogP contribution in [0.3, 0.4) is 0 Å². The molecule has 0 atom stereocenters. The number of halogens is 3. The maximum atomic E-state index is 12.6. The third-order valence-corrected chi connectivity index (χ3v) is 2.38. The summed E-state index contributed by atoms with van der Waals surface area (Å²) in [6.45, 7) is 1.28. The van der Waals surface area contributed by atoms with Crippen molar-refractivity contribution in [1.29, 1.82) is 0 Å². The summed E-state index contributed by atoms with van der Waals surface area (Å²) in [7, 11) is 0. The van der Waals surface area contributed by atoms with Gasteiger partial charge in [0.1, 0.15) is 5.65 Å². The molecule has 2 rings (SSSR count). The summed E-state index contributed by atoms with van der Waals surface area (Å²) in [5.41, 5.74) is -1.20. The molecule has 7 heteroatoms. The minimum Gasteiger partial charge on any atom is -0.478 e. The van der Waals surface area contributed by atoms with E-state index in [2.05, 4.69) is 4.98 Å². The third-order valence-electron chi connectivity index (χ3n) is 2.38. The van der Waals surface area contributed by atoms with Crippen LogP contribution in [0.4, 0.5) is 13.2 Å². The Hall–Kier alpha value is -2.05. The van der Waals surface area contributed by atoms with Gasteiger partial charge >= 0.3 is 12.1 Å². The Bertz CT molecular complexity index is 601. The van der Waals surface area contributed by atoms with Gasteiger partial charge in [0.05, 0.1) is 11.3 Å². The molecular formula is C10H7F3N2O2. The summed E-state index contributed by atoms with van der Waals surface area (Å²) in [5, 5.41) is 8.72. The molecule has 90 valence electrons. The van der Waals surface area contributed by atoms with Crippen molar-refractivity contribution in [2.75, 3.05) is 0 Å². The van der Waals surface area contributed by atoms with Gasteiger partial charge in [0.15, 0.2) is 5.69 Å². The molecule has 0 amide bonds. The molecule has 0 spiro atoms. The summed E-state index contributed by atoms with van der Waals surface area (Å²) in [6, 6.07) is 2.33. The van der Waals surface area contributed by atoms with Gasteiger partial charge in [-0.3, -0.25) is 0 Å². The number of aromatic nitrogens is 2. The average Bonchev–Trinajstić information content (AvgIpc) is 2.55. The summed E-state index contributed by atoms with van der Waals surface area (Å²) < 4.78 is 38.9. The van der Waals surface area contributed by atoms with E-state index >= 15 is 0 Å². The Morgan fingerprint density at radius 3 is 2.65 bits per heavy atom. The number of fused-ring (bicyclic) bond motifs is 1. The van der Waals surface area contributed by atoms with Crippen LogP contribution in [0, 0.1) is 6.92 Å². The molecule has 4 nitrogen and oxygen atoms in total. The van der Waals surface area contributed by atoms with Crippen molar-refractivity contribution in [3.05, 3.63) is 35.3 Å². The molecule has 0 saturated carbocycles. The Balaban J connectivity index is 2.70. The predicted octanol–water partition coefficient (Wildman–Crippen LogP) is 2.36. The van der Waals surface area contributed by atoms with Crippen LogP contribution in [0.2, 0.25) is 0 Å². The molecule has 0 aliphatic heterocycles. The normalized spacial score (nSPS) is 12.0. The number of alkyl halides is 3. The smallest absolute Gasteiger partial charge is 0.435 e. The zero-order valence-electron chi connectivity index (χ0n) is 8.62. The number of aryl methyl sites for hydroxylation is 1. The zero-order chi connectivity index (χ0) is 12.8. The van der Waals surface area contributed by atoms with Gasteiger partial charge in [0.2, 0.25) is 0 Å². The number of rotatable bonds is 1. The van der Waals surface area contributed by atoms with Crippen LogP contribution < -0.4 is 0 Å². The van der Waals surface area contributed by atoms with E-state index in [9.17, 15) is 18.0 Å². The second kappa shape index (κ2) is 3.47. The van der Waals surface area contributed by atoms with Gasteiger partial charge in [-0.1, -0.05) is 0 Å². The first-order valence-electron chi connectivity index (χ1n) is 4.60. The molecule has 0 unspecified atom stereocenters. The fourth-order valence-corrected chi connectivity index (χ4v) is 1.57. The summed E-state index contributed by atoms with van der Waals surface area (Å²) >= 11 is 0. The summed E-state index contributed by atoms with van der Waals surface area (Å²) in [6.07, 6.45) is -3.28. The van der Waals surface area contributed by atoms with Crippen molar-refractivity contribution in [1.82, 2.24) is 9.38 Å². The molecule has 0 saturated heterocycles. The van der Waals surface area contributed by atoms with E-state index in [4.69, 9.17) is 5.11 Å². The highest BCUT2D eigenvalue weighted by Crippen LogP contribution is 2.31. The number of carboxylic acid groups (broad SMARTS) is 1. The van der Waals surface area contributed by atoms with Gasteiger partial charge in [-0.15, -0.1) is 0 Å². The molecule has 17 heavy (non-hydrogen) atoms. The monoisotopic (exact) mass is 244 g/mol. The third kappa shape index (κ3) is 1.83. The Morgan fingerprint density at radius 2 is 2.12 bits per heavy atom.